The van der Waals surface area contributed by atoms with E-state index in [1.807, 2.05) is 0 Å². The second-order valence-corrected chi connectivity index (χ2v) is 6.82. The van der Waals surface area contributed by atoms with Gasteiger partial charge in [0.1, 0.15) is 0 Å². The lowest BCUT2D eigenvalue weighted by Crippen LogP contribution is -2.23. The fraction of sp³-hybridized carbons (Fsp3) is 0.812. The van der Waals surface area contributed by atoms with Crippen LogP contribution in [0.4, 0.5) is 4.39 Å². The van der Waals surface area contributed by atoms with Gasteiger partial charge in [0.15, 0.2) is 0 Å². The third-order valence-corrected chi connectivity index (χ3v) is 4.91. The first-order chi connectivity index (χ1) is 9.55. The van der Waals surface area contributed by atoms with Crippen molar-refractivity contribution in [2.45, 2.75) is 84.0 Å². The first-order valence-electron chi connectivity index (χ1n) is 7.95. The molecule has 0 aliphatic rings. The lowest BCUT2D eigenvalue weighted by atomic mass is 9.77. The molecule has 20 heavy (non-hydrogen) atoms. The van der Waals surface area contributed by atoms with Crippen LogP contribution in [0.3, 0.4) is 0 Å². The fourth-order valence-electron chi connectivity index (χ4n) is 2.79. The molecule has 0 bridgehead atoms. The average molecular weight is 347 g/mol. The number of hydrogen-bond acceptors (Lipinski definition) is 1. The van der Waals surface area contributed by atoms with Gasteiger partial charge in [0.05, 0.1) is 10.2 Å². The van der Waals surface area contributed by atoms with E-state index in [1.165, 1.54) is 44.9 Å². The predicted molar refractivity (Wildman–Crippen MR) is 86.5 cm³/mol. The van der Waals surface area contributed by atoms with Gasteiger partial charge < -0.3 is 0 Å². The molecule has 2 nitrogen and oxygen atoms in total. The molecule has 0 radical (unpaired) electrons. The molecular formula is C16H28BrFN2. The number of aromatic amines is 1. The second-order valence-electron chi connectivity index (χ2n) is 6.03. The van der Waals surface area contributed by atoms with Crippen molar-refractivity contribution in [2.24, 2.45) is 0 Å². The van der Waals surface area contributed by atoms with Crippen molar-refractivity contribution in [3.8, 4) is 0 Å². The van der Waals surface area contributed by atoms with Crippen LogP contribution in [0.2, 0.25) is 0 Å². The van der Waals surface area contributed by atoms with Crippen LogP contribution in [0.15, 0.2) is 4.47 Å². The van der Waals surface area contributed by atoms with Gasteiger partial charge in [-0.25, -0.2) is 0 Å². The summed E-state index contributed by atoms with van der Waals surface area (Å²) >= 11 is 3.35. The Morgan fingerprint density at radius 3 is 2.10 bits per heavy atom. The topological polar surface area (TPSA) is 28.7 Å². The third kappa shape index (κ3) is 4.87. The number of nitrogens with zero attached hydrogens (tertiary/aromatic N) is 1. The smallest absolute Gasteiger partial charge is 0.246 e. The largest absolute Gasteiger partial charge is 0.278 e. The molecular weight excluding hydrogens is 319 g/mol. The third-order valence-electron chi connectivity index (χ3n) is 4.18. The van der Waals surface area contributed by atoms with Gasteiger partial charge in [-0.3, -0.25) is 5.10 Å². The van der Waals surface area contributed by atoms with Crippen LogP contribution in [0.1, 0.15) is 84.3 Å². The van der Waals surface area contributed by atoms with Gasteiger partial charge in [0.2, 0.25) is 5.95 Å². The van der Waals surface area contributed by atoms with Gasteiger partial charge in [-0.15, -0.1) is 5.10 Å². The van der Waals surface area contributed by atoms with Crippen molar-refractivity contribution in [1.29, 1.82) is 0 Å². The number of unbranched alkanes of at least 4 members (excludes halogenated alkanes) is 5. The molecule has 0 saturated carbocycles. The van der Waals surface area contributed by atoms with Crippen molar-refractivity contribution >= 4 is 15.9 Å². The first kappa shape index (κ1) is 17.7. The fourth-order valence-corrected chi connectivity index (χ4v) is 3.44. The molecule has 0 spiro atoms. The van der Waals surface area contributed by atoms with E-state index in [-0.39, 0.29) is 5.41 Å². The summed E-state index contributed by atoms with van der Waals surface area (Å²) < 4.78 is 14.0. The van der Waals surface area contributed by atoms with Crippen LogP contribution in [0.5, 0.6) is 0 Å². The van der Waals surface area contributed by atoms with Crippen molar-refractivity contribution in [1.82, 2.24) is 10.2 Å². The Morgan fingerprint density at radius 1 is 1.05 bits per heavy atom. The van der Waals surface area contributed by atoms with Crippen LogP contribution in [0, 0.1) is 5.95 Å². The molecule has 116 valence electrons. The molecule has 1 aromatic heterocycles. The van der Waals surface area contributed by atoms with Crippen LogP contribution in [-0.4, -0.2) is 10.2 Å². The Balaban J connectivity index is 2.74. The van der Waals surface area contributed by atoms with Crippen molar-refractivity contribution in [2.75, 3.05) is 0 Å². The molecule has 1 rings (SSSR count). The van der Waals surface area contributed by atoms with Crippen LogP contribution >= 0.6 is 15.9 Å². The van der Waals surface area contributed by atoms with E-state index in [2.05, 4.69) is 46.9 Å². The molecule has 0 aromatic carbocycles. The van der Waals surface area contributed by atoms with E-state index in [0.29, 0.717) is 4.47 Å². The Bertz CT molecular complexity index is 392. The van der Waals surface area contributed by atoms with Gasteiger partial charge in [-0.1, -0.05) is 65.7 Å². The summed E-state index contributed by atoms with van der Waals surface area (Å²) in [5.74, 6) is -0.421. The second kappa shape index (κ2) is 8.81. The standard InChI is InChI=1S/C16H28BrFN2/c1-4-6-8-10-12-16(3,11-9-7-5-2)14-13(17)15(18)20-19-14/h4-12H2,1-3H3,(H,19,20). The number of nitrogens with one attached hydrogen (secondary N) is 1. The molecule has 0 amide bonds. The predicted octanol–water partition coefficient (Wildman–Crippen LogP) is 6.12. The van der Waals surface area contributed by atoms with Crippen LogP contribution in [-0.2, 0) is 5.41 Å². The summed E-state index contributed by atoms with van der Waals surface area (Å²) in [5, 5.41) is 6.63. The van der Waals surface area contributed by atoms with E-state index < -0.39 is 5.95 Å². The molecule has 1 atom stereocenters. The zero-order valence-electron chi connectivity index (χ0n) is 13.1. The minimum absolute atomic E-state index is 0.000908. The Hall–Kier alpha value is -0.380. The highest BCUT2D eigenvalue weighted by Crippen LogP contribution is 2.38. The number of H-pyrrole nitrogens is 1. The summed E-state index contributed by atoms with van der Waals surface area (Å²) in [6, 6.07) is 0. The van der Waals surface area contributed by atoms with E-state index in [1.54, 1.807) is 0 Å². The Morgan fingerprint density at radius 2 is 1.60 bits per heavy atom. The molecule has 0 fully saturated rings. The van der Waals surface area contributed by atoms with Gasteiger partial charge in [0, 0.05) is 5.41 Å². The monoisotopic (exact) mass is 346 g/mol. The maximum Gasteiger partial charge on any atom is 0.246 e. The highest BCUT2D eigenvalue weighted by atomic mass is 79.9. The lowest BCUT2D eigenvalue weighted by molar-refractivity contribution is 0.355. The average Bonchev–Trinajstić information content (AvgIpc) is 2.76. The number of halogens is 2. The highest BCUT2D eigenvalue weighted by Gasteiger charge is 2.31. The van der Waals surface area contributed by atoms with Gasteiger partial charge >= 0.3 is 0 Å². The summed E-state index contributed by atoms with van der Waals surface area (Å²) in [6.45, 7) is 6.68. The van der Waals surface area contributed by atoms with E-state index >= 15 is 0 Å². The minimum atomic E-state index is -0.421. The highest BCUT2D eigenvalue weighted by molar-refractivity contribution is 9.10. The molecule has 1 unspecified atom stereocenters. The quantitative estimate of drug-likeness (QED) is 0.508. The van der Waals surface area contributed by atoms with Crippen molar-refractivity contribution in [3.63, 3.8) is 0 Å². The number of aromatic nitrogens is 2. The zero-order valence-corrected chi connectivity index (χ0v) is 14.7. The molecule has 0 aliphatic carbocycles. The molecule has 1 heterocycles. The van der Waals surface area contributed by atoms with Gasteiger partial charge in [-0.2, -0.15) is 4.39 Å². The van der Waals surface area contributed by atoms with Gasteiger partial charge in [0.25, 0.3) is 0 Å². The summed E-state index contributed by atoms with van der Waals surface area (Å²) in [4.78, 5) is 0. The number of hydrogen-bond donors (Lipinski definition) is 1. The maximum atomic E-state index is 13.5. The SMILES string of the molecule is CCCCCCC(C)(CCCCC)c1[nH]nc(F)c1Br. The summed E-state index contributed by atoms with van der Waals surface area (Å²) in [6.07, 6.45) is 10.8. The van der Waals surface area contributed by atoms with Crippen molar-refractivity contribution < 1.29 is 4.39 Å². The van der Waals surface area contributed by atoms with Crippen molar-refractivity contribution in [3.05, 3.63) is 16.1 Å². The first-order valence-corrected chi connectivity index (χ1v) is 8.74. The van der Waals surface area contributed by atoms with E-state index in [4.69, 9.17) is 0 Å². The molecule has 4 heteroatoms. The Labute approximate surface area is 131 Å². The summed E-state index contributed by atoms with van der Waals surface area (Å²) in [5.41, 5.74) is 0.932. The normalized spacial score (nSPS) is 14.4. The van der Waals surface area contributed by atoms with Crippen LogP contribution in [0.25, 0.3) is 0 Å². The maximum absolute atomic E-state index is 13.5. The molecule has 1 N–H and O–H groups in total. The number of rotatable bonds is 10. The zero-order chi connectivity index (χ0) is 15.0. The lowest BCUT2D eigenvalue weighted by Gasteiger charge is -2.29. The van der Waals surface area contributed by atoms with E-state index in [0.717, 1.165) is 18.5 Å². The van der Waals surface area contributed by atoms with E-state index in [9.17, 15) is 4.39 Å². The molecule has 1 aromatic rings. The van der Waals surface area contributed by atoms with Crippen LogP contribution < -0.4 is 0 Å². The minimum Gasteiger partial charge on any atom is -0.278 e. The Kier molecular flexibility index (Phi) is 7.78. The summed E-state index contributed by atoms with van der Waals surface area (Å²) in [7, 11) is 0. The molecule has 0 saturated heterocycles. The molecule has 0 aliphatic heterocycles. The van der Waals surface area contributed by atoms with Gasteiger partial charge in [-0.05, 0) is 28.8 Å².